The number of rotatable bonds is 4. The SMILES string of the molecule is OC1Cc2cc3ncccc3cc2OC1NCCc1ccccc1. The van der Waals surface area contributed by atoms with Gasteiger partial charge in [0, 0.05) is 24.5 Å². The fraction of sp³-hybridized carbons (Fsp3) is 0.250. The summed E-state index contributed by atoms with van der Waals surface area (Å²) >= 11 is 0. The van der Waals surface area contributed by atoms with E-state index in [-0.39, 0.29) is 6.23 Å². The van der Waals surface area contributed by atoms with Gasteiger partial charge in [0.2, 0.25) is 0 Å². The van der Waals surface area contributed by atoms with Crippen LogP contribution in [0.5, 0.6) is 5.75 Å². The van der Waals surface area contributed by atoms with E-state index in [2.05, 4.69) is 22.4 Å². The van der Waals surface area contributed by atoms with Crippen LogP contribution >= 0.6 is 0 Å². The lowest BCUT2D eigenvalue weighted by Gasteiger charge is -2.31. The summed E-state index contributed by atoms with van der Waals surface area (Å²) in [6, 6.07) is 18.3. The molecule has 0 bridgehead atoms. The molecule has 3 aromatic rings. The van der Waals surface area contributed by atoms with E-state index < -0.39 is 6.10 Å². The van der Waals surface area contributed by atoms with Crippen molar-refractivity contribution in [1.29, 1.82) is 0 Å². The molecule has 0 aliphatic carbocycles. The van der Waals surface area contributed by atoms with Gasteiger partial charge in [-0.1, -0.05) is 36.4 Å². The van der Waals surface area contributed by atoms with E-state index in [9.17, 15) is 5.11 Å². The molecule has 2 aromatic carbocycles. The van der Waals surface area contributed by atoms with Gasteiger partial charge in [0.1, 0.15) is 11.9 Å². The Morgan fingerprint density at radius 3 is 2.88 bits per heavy atom. The molecule has 24 heavy (non-hydrogen) atoms. The minimum atomic E-state index is -0.561. The van der Waals surface area contributed by atoms with Crippen LogP contribution in [-0.4, -0.2) is 29.0 Å². The first kappa shape index (κ1) is 15.1. The zero-order valence-corrected chi connectivity index (χ0v) is 13.4. The fourth-order valence-electron chi connectivity index (χ4n) is 3.14. The van der Waals surface area contributed by atoms with Crippen LogP contribution in [0.2, 0.25) is 0 Å². The molecular weight excluding hydrogens is 300 g/mol. The Morgan fingerprint density at radius 2 is 2.00 bits per heavy atom. The molecule has 1 aliphatic heterocycles. The third-order valence-corrected chi connectivity index (χ3v) is 4.42. The van der Waals surface area contributed by atoms with E-state index in [1.807, 2.05) is 42.5 Å². The van der Waals surface area contributed by atoms with E-state index >= 15 is 0 Å². The number of benzene rings is 2. The summed E-state index contributed by atoms with van der Waals surface area (Å²) in [6.45, 7) is 0.760. The highest BCUT2D eigenvalue weighted by Crippen LogP contribution is 2.30. The van der Waals surface area contributed by atoms with Crippen LogP contribution in [0.15, 0.2) is 60.8 Å². The van der Waals surface area contributed by atoms with E-state index in [4.69, 9.17) is 4.74 Å². The van der Waals surface area contributed by atoms with Crippen LogP contribution in [0.4, 0.5) is 0 Å². The van der Waals surface area contributed by atoms with Crippen molar-refractivity contribution in [3.05, 3.63) is 71.9 Å². The molecule has 4 rings (SSSR count). The Bertz CT molecular complexity index is 835. The first-order valence-electron chi connectivity index (χ1n) is 8.29. The average Bonchev–Trinajstić information content (AvgIpc) is 2.61. The van der Waals surface area contributed by atoms with Gasteiger partial charge < -0.3 is 9.84 Å². The van der Waals surface area contributed by atoms with Crippen molar-refractivity contribution in [3.8, 4) is 5.75 Å². The zero-order valence-electron chi connectivity index (χ0n) is 13.4. The van der Waals surface area contributed by atoms with Gasteiger partial charge in [0.15, 0.2) is 6.23 Å². The number of hydrogen-bond acceptors (Lipinski definition) is 4. The number of nitrogens with one attached hydrogen (secondary N) is 1. The maximum atomic E-state index is 10.4. The van der Waals surface area contributed by atoms with Crippen LogP contribution in [0.1, 0.15) is 11.1 Å². The van der Waals surface area contributed by atoms with E-state index in [0.29, 0.717) is 6.42 Å². The summed E-state index contributed by atoms with van der Waals surface area (Å²) in [6.07, 6.45) is 2.32. The number of ether oxygens (including phenoxy) is 1. The van der Waals surface area contributed by atoms with Crippen LogP contribution in [0.3, 0.4) is 0 Å². The highest BCUT2D eigenvalue weighted by atomic mass is 16.5. The Balaban J connectivity index is 1.46. The molecule has 122 valence electrons. The van der Waals surface area contributed by atoms with Gasteiger partial charge >= 0.3 is 0 Å². The topological polar surface area (TPSA) is 54.4 Å². The van der Waals surface area contributed by atoms with Gasteiger partial charge in [0.25, 0.3) is 0 Å². The highest BCUT2D eigenvalue weighted by Gasteiger charge is 2.28. The molecule has 2 atom stereocenters. The first-order valence-corrected chi connectivity index (χ1v) is 8.29. The van der Waals surface area contributed by atoms with Crippen molar-refractivity contribution in [2.45, 2.75) is 25.2 Å². The van der Waals surface area contributed by atoms with Gasteiger partial charge in [-0.15, -0.1) is 0 Å². The van der Waals surface area contributed by atoms with Gasteiger partial charge in [-0.3, -0.25) is 10.3 Å². The Morgan fingerprint density at radius 1 is 1.12 bits per heavy atom. The molecule has 0 radical (unpaired) electrons. The lowest BCUT2D eigenvalue weighted by atomic mass is 10.0. The summed E-state index contributed by atoms with van der Waals surface area (Å²) in [5.41, 5.74) is 3.21. The predicted molar refractivity (Wildman–Crippen MR) is 94.0 cm³/mol. The number of fused-ring (bicyclic) bond motifs is 2. The van der Waals surface area contributed by atoms with E-state index in [1.165, 1.54) is 5.56 Å². The predicted octanol–water partition coefficient (Wildman–Crippen LogP) is 2.69. The molecule has 2 heterocycles. The Labute approximate surface area is 141 Å². The normalized spacial score (nSPS) is 19.7. The summed E-state index contributed by atoms with van der Waals surface area (Å²) < 4.78 is 6.00. The molecule has 2 unspecified atom stereocenters. The van der Waals surface area contributed by atoms with Crippen molar-refractivity contribution in [3.63, 3.8) is 0 Å². The van der Waals surface area contributed by atoms with Gasteiger partial charge in [0.05, 0.1) is 5.52 Å². The number of hydrogen-bond donors (Lipinski definition) is 2. The minimum absolute atomic E-state index is 0.379. The molecule has 1 aliphatic rings. The largest absolute Gasteiger partial charge is 0.472 e. The summed E-state index contributed by atoms with van der Waals surface area (Å²) in [4.78, 5) is 4.36. The van der Waals surface area contributed by atoms with Crippen molar-refractivity contribution in [2.75, 3.05) is 6.54 Å². The molecule has 4 nitrogen and oxygen atoms in total. The summed E-state index contributed by atoms with van der Waals surface area (Å²) in [5.74, 6) is 0.831. The van der Waals surface area contributed by atoms with Crippen LogP contribution in [-0.2, 0) is 12.8 Å². The molecule has 2 N–H and O–H groups in total. The monoisotopic (exact) mass is 320 g/mol. The smallest absolute Gasteiger partial charge is 0.176 e. The van der Waals surface area contributed by atoms with Crippen molar-refractivity contribution in [2.24, 2.45) is 0 Å². The molecule has 0 spiro atoms. The van der Waals surface area contributed by atoms with Crippen LogP contribution in [0.25, 0.3) is 10.9 Å². The lowest BCUT2D eigenvalue weighted by Crippen LogP contribution is -2.48. The van der Waals surface area contributed by atoms with Crippen LogP contribution < -0.4 is 10.1 Å². The van der Waals surface area contributed by atoms with Gasteiger partial charge in [-0.2, -0.15) is 0 Å². The maximum Gasteiger partial charge on any atom is 0.176 e. The quantitative estimate of drug-likeness (QED) is 0.776. The Hall–Kier alpha value is -2.43. The molecule has 4 heteroatoms. The molecule has 0 saturated carbocycles. The average molecular weight is 320 g/mol. The number of aromatic nitrogens is 1. The van der Waals surface area contributed by atoms with Crippen molar-refractivity contribution >= 4 is 10.9 Å². The molecular formula is C20H20N2O2. The van der Waals surface area contributed by atoms with Gasteiger partial charge in [-0.05, 0) is 35.7 Å². The van der Waals surface area contributed by atoms with Crippen LogP contribution in [0, 0.1) is 0 Å². The number of pyridine rings is 1. The zero-order chi connectivity index (χ0) is 16.4. The fourth-order valence-corrected chi connectivity index (χ4v) is 3.14. The second kappa shape index (κ2) is 6.59. The van der Waals surface area contributed by atoms with Crippen molar-refractivity contribution in [1.82, 2.24) is 10.3 Å². The molecule has 1 aromatic heterocycles. The van der Waals surface area contributed by atoms with Gasteiger partial charge in [-0.25, -0.2) is 0 Å². The minimum Gasteiger partial charge on any atom is -0.472 e. The molecule has 0 saturated heterocycles. The Kier molecular flexibility index (Phi) is 4.15. The van der Waals surface area contributed by atoms with E-state index in [1.54, 1.807) is 6.20 Å². The number of aliphatic hydroxyl groups excluding tert-OH is 1. The second-order valence-corrected chi connectivity index (χ2v) is 6.16. The van der Waals surface area contributed by atoms with Crippen molar-refractivity contribution < 1.29 is 9.84 Å². The summed E-state index contributed by atoms with van der Waals surface area (Å²) in [7, 11) is 0. The standard InChI is InChI=1S/C20H20N2O2/c23-18-12-16-11-17-15(7-4-9-21-17)13-19(16)24-20(18)22-10-8-14-5-2-1-3-6-14/h1-7,9,11,13,18,20,22-23H,8,10,12H2. The lowest BCUT2D eigenvalue weighted by molar-refractivity contribution is 0.00255. The van der Waals surface area contributed by atoms with E-state index in [0.717, 1.165) is 35.2 Å². The first-order chi connectivity index (χ1) is 11.8. The number of nitrogens with zero attached hydrogens (tertiary/aromatic N) is 1. The third-order valence-electron chi connectivity index (χ3n) is 4.42. The second-order valence-electron chi connectivity index (χ2n) is 6.16. The maximum absolute atomic E-state index is 10.4. The molecule has 0 amide bonds. The third kappa shape index (κ3) is 3.11. The highest BCUT2D eigenvalue weighted by molar-refractivity contribution is 5.81. The number of aliphatic hydroxyl groups is 1. The molecule has 0 fully saturated rings. The summed E-state index contributed by atoms with van der Waals surface area (Å²) in [5, 5.41) is 14.7.